The highest BCUT2D eigenvalue weighted by Gasteiger charge is 2.50. The predicted octanol–water partition coefficient (Wildman–Crippen LogP) is -0.144. The molecule has 4 heteroatoms. The first kappa shape index (κ1) is 11.3. The predicted molar refractivity (Wildman–Crippen MR) is 58.6 cm³/mol. The molecular formula is C11H22N2O2. The quantitative estimate of drug-likeness (QED) is 0.598. The fourth-order valence-electron chi connectivity index (χ4n) is 2.96. The maximum atomic E-state index is 10.7. The Morgan fingerprint density at radius 3 is 2.53 bits per heavy atom. The third-order valence-electron chi connectivity index (χ3n) is 4.19. The molecule has 0 spiro atoms. The topological polar surface area (TPSA) is 67.5 Å². The van der Waals surface area contributed by atoms with Gasteiger partial charge in [-0.1, -0.05) is 0 Å². The number of nitrogens with one attached hydrogen (secondary N) is 1. The van der Waals surface area contributed by atoms with Crippen LogP contribution in [0.4, 0.5) is 0 Å². The molecule has 0 aromatic carbocycles. The molecule has 15 heavy (non-hydrogen) atoms. The Hall–Kier alpha value is -0.160. The van der Waals surface area contributed by atoms with Crippen LogP contribution in [0.25, 0.3) is 0 Å². The molecule has 2 fully saturated rings. The van der Waals surface area contributed by atoms with Crippen LogP contribution in [0.15, 0.2) is 0 Å². The van der Waals surface area contributed by atoms with Crippen LogP contribution in [0.1, 0.15) is 25.7 Å². The minimum Gasteiger partial charge on any atom is -0.388 e. The maximum absolute atomic E-state index is 10.7. The summed E-state index contributed by atoms with van der Waals surface area (Å²) < 4.78 is 5.38. The smallest absolute Gasteiger partial charge is 0.0841 e. The minimum atomic E-state index is -0.621. The van der Waals surface area contributed by atoms with E-state index in [0.717, 1.165) is 45.4 Å². The van der Waals surface area contributed by atoms with Gasteiger partial charge in [-0.2, -0.15) is 0 Å². The first-order valence-corrected chi connectivity index (χ1v) is 5.93. The van der Waals surface area contributed by atoms with E-state index >= 15 is 0 Å². The van der Waals surface area contributed by atoms with Crippen LogP contribution < -0.4 is 11.1 Å². The van der Waals surface area contributed by atoms with E-state index < -0.39 is 5.60 Å². The molecule has 0 saturated carbocycles. The summed E-state index contributed by atoms with van der Waals surface area (Å²) in [5.74, 6) is 0. The average molecular weight is 214 g/mol. The molecule has 0 aromatic heterocycles. The summed E-state index contributed by atoms with van der Waals surface area (Å²) in [6.07, 6.45) is 3.69. The van der Waals surface area contributed by atoms with Crippen molar-refractivity contribution in [1.82, 2.24) is 5.32 Å². The van der Waals surface area contributed by atoms with Crippen molar-refractivity contribution in [2.24, 2.45) is 11.1 Å². The molecular weight excluding hydrogens is 192 g/mol. The molecule has 0 aromatic rings. The lowest BCUT2D eigenvalue weighted by molar-refractivity contribution is -0.138. The molecule has 0 amide bonds. The fraction of sp³-hybridized carbons (Fsp3) is 1.00. The third kappa shape index (κ3) is 1.91. The summed E-state index contributed by atoms with van der Waals surface area (Å²) >= 11 is 0. The Morgan fingerprint density at radius 2 is 2.00 bits per heavy atom. The molecule has 2 rings (SSSR count). The number of hydrogen-bond acceptors (Lipinski definition) is 4. The number of aliphatic hydroxyl groups is 1. The van der Waals surface area contributed by atoms with Crippen LogP contribution in [-0.4, -0.2) is 43.6 Å². The number of nitrogens with two attached hydrogens (primary N) is 1. The van der Waals surface area contributed by atoms with Crippen molar-refractivity contribution in [1.29, 1.82) is 0 Å². The SMILES string of the molecule is NCC1(C2(O)CCCNC2)CCOCC1. The van der Waals surface area contributed by atoms with Crippen molar-refractivity contribution in [2.45, 2.75) is 31.3 Å². The lowest BCUT2D eigenvalue weighted by Crippen LogP contribution is -2.61. The van der Waals surface area contributed by atoms with Crippen molar-refractivity contribution >= 4 is 0 Å². The van der Waals surface area contributed by atoms with E-state index in [0.29, 0.717) is 13.1 Å². The van der Waals surface area contributed by atoms with Crippen LogP contribution in [0.2, 0.25) is 0 Å². The lowest BCUT2D eigenvalue weighted by atomic mass is 9.64. The second-order valence-corrected chi connectivity index (χ2v) is 4.91. The first-order valence-electron chi connectivity index (χ1n) is 5.93. The molecule has 4 nitrogen and oxygen atoms in total. The van der Waals surface area contributed by atoms with E-state index in [2.05, 4.69) is 5.32 Å². The molecule has 2 aliphatic heterocycles. The number of β-amino-alcohol motifs (C(OH)–C–C–N with tert-alkyl or cyclic N) is 1. The summed E-state index contributed by atoms with van der Waals surface area (Å²) in [6, 6.07) is 0. The first-order chi connectivity index (χ1) is 7.22. The Balaban J connectivity index is 2.15. The number of hydrogen-bond donors (Lipinski definition) is 3. The summed E-state index contributed by atoms with van der Waals surface area (Å²) in [7, 11) is 0. The van der Waals surface area contributed by atoms with Crippen molar-refractivity contribution in [3.63, 3.8) is 0 Å². The molecule has 0 aliphatic carbocycles. The summed E-state index contributed by atoms with van der Waals surface area (Å²) in [5.41, 5.74) is 5.16. The molecule has 1 unspecified atom stereocenters. The van der Waals surface area contributed by atoms with E-state index in [1.54, 1.807) is 0 Å². The van der Waals surface area contributed by atoms with E-state index in [1.165, 1.54) is 0 Å². The highest BCUT2D eigenvalue weighted by molar-refractivity contribution is 5.03. The lowest BCUT2D eigenvalue weighted by Gasteiger charge is -2.50. The number of piperidine rings is 1. The molecule has 0 bridgehead atoms. The highest BCUT2D eigenvalue weighted by Crippen LogP contribution is 2.43. The molecule has 2 heterocycles. The van der Waals surface area contributed by atoms with Crippen molar-refractivity contribution in [2.75, 3.05) is 32.8 Å². The second kappa shape index (κ2) is 4.37. The number of ether oxygens (including phenoxy) is 1. The Labute approximate surface area is 91.2 Å². The molecule has 2 saturated heterocycles. The van der Waals surface area contributed by atoms with Crippen LogP contribution in [-0.2, 0) is 4.74 Å². The normalized spacial score (nSPS) is 36.4. The fourth-order valence-corrected chi connectivity index (χ4v) is 2.96. The van der Waals surface area contributed by atoms with E-state index in [1.807, 2.05) is 0 Å². The van der Waals surface area contributed by atoms with Crippen molar-refractivity contribution in [3.05, 3.63) is 0 Å². The summed E-state index contributed by atoms with van der Waals surface area (Å²) in [5, 5.41) is 14.0. The van der Waals surface area contributed by atoms with Gasteiger partial charge in [0.05, 0.1) is 5.60 Å². The average Bonchev–Trinajstić information content (AvgIpc) is 2.31. The molecule has 0 radical (unpaired) electrons. The molecule has 4 N–H and O–H groups in total. The van der Waals surface area contributed by atoms with Crippen molar-refractivity contribution in [3.8, 4) is 0 Å². The van der Waals surface area contributed by atoms with Gasteiger partial charge in [-0.05, 0) is 32.2 Å². The second-order valence-electron chi connectivity index (χ2n) is 4.91. The Morgan fingerprint density at radius 1 is 1.27 bits per heavy atom. The van der Waals surface area contributed by atoms with Gasteiger partial charge in [0.1, 0.15) is 0 Å². The monoisotopic (exact) mass is 214 g/mol. The van der Waals surface area contributed by atoms with Crippen LogP contribution in [0.5, 0.6) is 0 Å². The largest absolute Gasteiger partial charge is 0.388 e. The van der Waals surface area contributed by atoms with Crippen LogP contribution in [0, 0.1) is 5.41 Å². The Bertz CT molecular complexity index is 209. The van der Waals surface area contributed by atoms with Gasteiger partial charge < -0.3 is 20.9 Å². The molecule has 88 valence electrons. The van der Waals surface area contributed by atoms with Gasteiger partial charge in [0.25, 0.3) is 0 Å². The summed E-state index contributed by atoms with van der Waals surface area (Å²) in [6.45, 7) is 3.73. The van der Waals surface area contributed by atoms with Gasteiger partial charge >= 0.3 is 0 Å². The number of rotatable bonds is 2. The van der Waals surface area contributed by atoms with Gasteiger partial charge in [0, 0.05) is 31.7 Å². The third-order valence-corrected chi connectivity index (χ3v) is 4.19. The highest BCUT2D eigenvalue weighted by atomic mass is 16.5. The molecule has 1 atom stereocenters. The standard InChI is InChI=1S/C11H22N2O2/c12-8-10(3-6-15-7-4-10)11(14)2-1-5-13-9-11/h13-14H,1-9,12H2. The summed E-state index contributed by atoms with van der Waals surface area (Å²) in [4.78, 5) is 0. The van der Waals surface area contributed by atoms with E-state index in [9.17, 15) is 5.11 Å². The maximum Gasteiger partial charge on any atom is 0.0841 e. The van der Waals surface area contributed by atoms with Gasteiger partial charge in [0.15, 0.2) is 0 Å². The molecule has 2 aliphatic rings. The zero-order chi connectivity index (χ0) is 10.8. The minimum absolute atomic E-state index is 0.126. The van der Waals surface area contributed by atoms with Crippen LogP contribution in [0.3, 0.4) is 0 Å². The zero-order valence-electron chi connectivity index (χ0n) is 9.30. The Kier molecular flexibility index (Phi) is 3.30. The van der Waals surface area contributed by atoms with E-state index in [-0.39, 0.29) is 5.41 Å². The van der Waals surface area contributed by atoms with E-state index in [4.69, 9.17) is 10.5 Å². The van der Waals surface area contributed by atoms with Gasteiger partial charge in [-0.15, -0.1) is 0 Å². The van der Waals surface area contributed by atoms with Crippen molar-refractivity contribution < 1.29 is 9.84 Å². The van der Waals surface area contributed by atoms with Crippen LogP contribution >= 0.6 is 0 Å². The van der Waals surface area contributed by atoms with Gasteiger partial charge in [-0.3, -0.25) is 0 Å². The van der Waals surface area contributed by atoms with Gasteiger partial charge in [0.2, 0.25) is 0 Å². The zero-order valence-corrected chi connectivity index (χ0v) is 9.30. The van der Waals surface area contributed by atoms with Gasteiger partial charge in [-0.25, -0.2) is 0 Å².